The molecule has 0 spiro atoms. The molecule has 0 bridgehead atoms. The first-order valence-corrected chi connectivity index (χ1v) is 9.26. The molecule has 3 rings (SSSR count). The van der Waals surface area contributed by atoms with Crippen molar-refractivity contribution in [3.63, 3.8) is 0 Å². The molecule has 0 aliphatic carbocycles. The maximum Gasteiger partial charge on any atom is 0.338 e. The van der Waals surface area contributed by atoms with Crippen molar-refractivity contribution in [1.82, 2.24) is 5.16 Å². The Hall–Kier alpha value is -3.55. The highest BCUT2D eigenvalue weighted by Gasteiger charge is 2.15. The highest BCUT2D eigenvalue weighted by atomic mass is 19.1. The molecule has 0 unspecified atom stereocenters. The first-order valence-electron chi connectivity index (χ1n) is 9.26. The summed E-state index contributed by atoms with van der Waals surface area (Å²) in [6, 6.07) is 10.4. The van der Waals surface area contributed by atoms with Crippen molar-refractivity contribution in [2.24, 2.45) is 0 Å². The number of aromatic nitrogens is 1. The van der Waals surface area contributed by atoms with Gasteiger partial charge in [-0.3, -0.25) is 0 Å². The van der Waals surface area contributed by atoms with E-state index >= 15 is 0 Å². The van der Waals surface area contributed by atoms with Gasteiger partial charge in [0.1, 0.15) is 37.1 Å². The van der Waals surface area contributed by atoms with Crippen molar-refractivity contribution in [2.45, 2.75) is 20.5 Å². The number of ether oxygens (including phenoxy) is 4. The molecule has 0 atom stereocenters. The lowest BCUT2D eigenvalue weighted by molar-refractivity contribution is 0.0450. The van der Waals surface area contributed by atoms with Gasteiger partial charge in [-0.1, -0.05) is 5.16 Å². The number of carbonyl (C=O) groups excluding carboxylic acids is 1. The number of rotatable bonds is 9. The maximum absolute atomic E-state index is 12.9. The van der Waals surface area contributed by atoms with E-state index in [1.54, 1.807) is 18.2 Å². The predicted octanol–water partition coefficient (Wildman–Crippen LogP) is 4.25. The Labute approximate surface area is 173 Å². The van der Waals surface area contributed by atoms with E-state index < -0.39 is 5.97 Å². The lowest BCUT2D eigenvalue weighted by atomic mass is 10.2. The van der Waals surface area contributed by atoms with E-state index in [0.717, 1.165) is 11.3 Å². The van der Waals surface area contributed by atoms with Gasteiger partial charge in [-0.25, -0.2) is 9.18 Å². The van der Waals surface area contributed by atoms with E-state index in [2.05, 4.69) is 5.16 Å². The van der Waals surface area contributed by atoms with Crippen LogP contribution in [-0.2, 0) is 11.3 Å². The average Bonchev–Trinajstić information content (AvgIpc) is 3.08. The zero-order valence-corrected chi connectivity index (χ0v) is 16.9. The molecule has 0 aliphatic rings. The van der Waals surface area contributed by atoms with Gasteiger partial charge in [0.15, 0.2) is 11.5 Å². The third kappa shape index (κ3) is 5.28. The first-order chi connectivity index (χ1) is 14.5. The first kappa shape index (κ1) is 21.2. The summed E-state index contributed by atoms with van der Waals surface area (Å²) in [5.41, 5.74) is 1.94. The monoisotopic (exact) mass is 415 g/mol. The number of esters is 1. The van der Waals surface area contributed by atoms with Crippen LogP contribution < -0.4 is 14.2 Å². The molecule has 0 radical (unpaired) electrons. The SMILES string of the molecule is COc1cc(C(=O)OCCOc2ccc(F)cc2)ccc1OCc1c(C)noc1C. The Bertz CT molecular complexity index is 980. The van der Waals surface area contributed by atoms with Gasteiger partial charge in [-0.05, 0) is 56.3 Å². The molecule has 8 heteroatoms. The van der Waals surface area contributed by atoms with E-state index in [0.29, 0.717) is 28.6 Å². The third-order valence-electron chi connectivity index (χ3n) is 4.35. The van der Waals surface area contributed by atoms with E-state index in [4.69, 9.17) is 23.5 Å². The fourth-order valence-corrected chi connectivity index (χ4v) is 2.68. The molecule has 3 aromatic rings. The highest BCUT2D eigenvalue weighted by molar-refractivity contribution is 5.90. The summed E-state index contributed by atoms with van der Waals surface area (Å²) in [5.74, 6) is 1.20. The van der Waals surface area contributed by atoms with Crippen molar-refractivity contribution in [3.8, 4) is 17.2 Å². The summed E-state index contributed by atoms with van der Waals surface area (Å²) in [6.07, 6.45) is 0. The fourth-order valence-electron chi connectivity index (χ4n) is 2.68. The van der Waals surface area contributed by atoms with Gasteiger partial charge < -0.3 is 23.5 Å². The second-order valence-electron chi connectivity index (χ2n) is 6.40. The normalized spacial score (nSPS) is 10.5. The third-order valence-corrected chi connectivity index (χ3v) is 4.35. The Kier molecular flexibility index (Phi) is 6.90. The topological polar surface area (TPSA) is 80.0 Å². The molecule has 0 saturated carbocycles. The zero-order chi connectivity index (χ0) is 21.5. The van der Waals surface area contributed by atoms with E-state index in [1.165, 1.54) is 31.4 Å². The van der Waals surface area contributed by atoms with Gasteiger partial charge in [0, 0.05) is 0 Å². The molecule has 1 aromatic heterocycles. The minimum Gasteiger partial charge on any atom is -0.493 e. The number of hydrogen-bond acceptors (Lipinski definition) is 7. The molecule has 0 amide bonds. The van der Waals surface area contributed by atoms with Gasteiger partial charge in [-0.15, -0.1) is 0 Å². The lowest BCUT2D eigenvalue weighted by Gasteiger charge is -2.12. The Balaban J connectivity index is 1.54. The van der Waals surface area contributed by atoms with Crippen LogP contribution in [0.3, 0.4) is 0 Å². The molecule has 7 nitrogen and oxygen atoms in total. The zero-order valence-electron chi connectivity index (χ0n) is 16.9. The van der Waals surface area contributed by atoms with Gasteiger partial charge >= 0.3 is 5.97 Å². The van der Waals surface area contributed by atoms with Crippen LogP contribution in [0.4, 0.5) is 4.39 Å². The van der Waals surface area contributed by atoms with E-state index in [9.17, 15) is 9.18 Å². The minimum atomic E-state index is -0.520. The summed E-state index contributed by atoms with van der Waals surface area (Å²) in [7, 11) is 1.49. The van der Waals surface area contributed by atoms with Gasteiger partial charge in [0.2, 0.25) is 0 Å². The highest BCUT2D eigenvalue weighted by Crippen LogP contribution is 2.29. The van der Waals surface area contributed by atoms with Crippen molar-refractivity contribution in [2.75, 3.05) is 20.3 Å². The summed E-state index contributed by atoms with van der Waals surface area (Å²) in [4.78, 5) is 12.3. The molecule has 30 heavy (non-hydrogen) atoms. The van der Waals surface area contributed by atoms with E-state index in [1.807, 2.05) is 13.8 Å². The number of hydrogen-bond donors (Lipinski definition) is 0. The van der Waals surface area contributed by atoms with Crippen molar-refractivity contribution < 1.29 is 32.7 Å². The van der Waals surface area contributed by atoms with Crippen molar-refractivity contribution in [1.29, 1.82) is 0 Å². The number of methoxy groups -OCH3 is 1. The summed E-state index contributed by atoms with van der Waals surface area (Å²) >= 11 is 0. The molecule has 158 valence electrons. The Morgan fingerprint density at radius 3 is 2.47 bits per heavy atom. The Morgan fingerprint density at radius 1 is 1.03 bits per heavy atom. The fraction of sp³-hybridized carbons (Fsp3) is 0.273. The maximum atomic E-state index is 12.9. The molecule has 0 N–H and O–H groups in total. The number of aryl methyl sites for hydroxylation is 2. The standard InChI is InChI=1S/C22H22FNO6/c1-14-19(15(2)30-24-14)13-29-20-9-4-16(12-21(20)26-3)22(25)28-11-10-27-18-7-5-17(23)6-8-18/h4-9,12H,10-11,13H2,1-3H3. The molecule has 0 aliphatic heterocycles. The second-order valence-corrected chi connectivity index (χ2v) is 6.40. The predicted molar refractivity (Wildman–Crippen MR) is 105 cm³/mol. The van der Waals surface area contributed by atoms with Crippen molar-refractivity contribution in [3.05, 3.63) is 70.9 Å². The second kappa shape index (κ2) is 9.78. The lowest BCUT2D eigenvalue weighted by Crippen LogP contribution is -2.12. The Morgan fingerprint density at radius 2 is 1.80 bits per heavy atom. The van der Waals surface area contributed by atoms with Crippen LogP contribution in [0.25, 0.3) is 0 Å². The molecular weight excluding hydrogens is 393 g/mol. The van der Waals surface area contributed by atoms with Gasteiger partial charge in [-0.2, -0.15) is 0 Å². The van der Waals surface area contributed by atoms with Crippen LogP contribution in [0.5, 0.6) is 17.2 Å². The van der Waals surface area contributed by atoms with Crippen LogP contribution in [0.15, 0.2) is 47.0 Å². The molecular formula is C22H22FNO6. The summed E-state index contributed by atoms with van der Waals surface area (Å²) < 4.78 is 39.7. The number of benzene rings is 2. The number of halogens is 1. The largest absolute Gasteiger partial charge is 0.493 e. The molecule has 0 saturated heterocycles. The van der Waals surface area contributed by atoms with Crippen LogP contribution in [-0.4, -0.2) is 31.4 Å². The smallest absolute Gasteiger partial charge is 0.338 e. The number of nitrogens with zero attached hydrogens (tertiary/aromatic N) is 1. The van der Waals surface area contributed by atoms with Gasteiger partial charge in [0.25, 0.3) is 0 Å². The summed E-state index contributed by atoms with van der Waals surface area (Å²) in [5, 5.41) is 3.89. The summed E-state index contributed by atoms with van der Waals surface area (Å²) in [6.45, 7) is 4.11. The van der Waals surface area contributed by atoms with E-state index in [-0.39, 0.29) is 25.6 Å². The van der Waals surface area contributed by atoms with Crippen LogP contribution in [0.2, 0.25) is 0 Å². The van der Waals surface area contributed by atoms with Crippen LogP contribution in [0.1, 0.15) is 27.4 Å². The molecule has 1 heterocycles. The van der Waals surface area contributed by atoms with Crippen LogP contribution >= 0.6 is 0 Å². The minimum absolute atomic E-state index is 0.0445. The molecule has 0 fully saturated rings. The molecule has 2 aromatic carbocycles. The van der Waals surface area contributed by atoms with Crippen molar-refractivity contribution >= 4 is 5.97 Å². The quantitative estimate of drug-likeness (QED) is 0.382. The van der Waals surface area contributed by atoms with Crippen LogP contribution in [0, 0.1) is 19.7 Å². The number of carbonyl (C=O) groups is 1. The van der Waals surface area contributed by atoms with Gasteiger partial charge in [0.05, 0.1) is 23.9 Å². The average molecular weight is 415 g/mol.